The zero-order chi connectivity index (χ0) is 21.0. The molecule has 0 saturated heterocycles. The highest BCUT2D eigenvalue weighted by molar-refractivity contribution is 5.92. The fourth-order valence-electron chi connectivity index (χ4n) is 2.72. The first-order valence-electron chi connectivity index (χ1n) is 9.38. The summed E-state index contributed by atoms with van der Waals surface area (Å²) in [6.45, 7) is 2.89. The second kappa shape index (κ2) is 8.67. The van der Waals surface area contributed by atoms with Crippen LogP contribution in [-0.2, 0) is 0 Å². The Kier molecular flexibility index (Phi) is 6.24. The Morgan fingerprint density at radius 1 is 1.31 bits per heavy atom. The second-order valence-corrected chi connectivity index (χ2v) is 7.23. The Labute approximate surface area is 166 Å². The summed E-state index contributed by atoms with van der Waals surface area (Å²) in [6, 6.07) is 4.82. The Morgan fingerprint density at radius 3 is 2.72 bits per heavy atom. The molecule has 1 saturated carbocycles. The topological polar surface area (TPSA) is 76.1 Å². The van der Waals surface area contributed by atoms with E-state index in [1.165, 1.54) is 18.9 Å². The molecular formula is C20H23F3N4O2. The van der Waals surface area contributed by atoms with Crippen LogP contribution in [-0.4, -0.2) is 35.2 Å². The molecular weight excluding hydrogens is 385 g/mol. The molecule has 0 spiro atoms. The molecule has 2 aromatic rings. The highest BCUT2D eigenvalue weighted by Gasteiger charge is 2.29. The summed E-state index contributed by atoms with van der Waals surface area (Å²) in [5, 5.41) is 6.13. The number of rotatable bonds is 8. The van der Waals surface area contributed by atoms with E-state index in [1.54, 1.807) is 13.1 Å². The maximum Gasteiger partial charge on any atom is 0.422 e. The fourth-order valence-corrected chi connectivity index (χ4v) is 2.72. The lowest BCUT2D eigenvalue weighted by molar-refractivity contribution is -0.153. The van der Waals surface area contributed by atoms with Crippen LogP contribution in [0.4, 0.5) is 19.0 Å². The number of hydrogen-bond acceptors (Lipinski definition) is 5. The van der Waals surface area contributed by atoms with Crippen molar-refractivity contribution in [1.29, 1.82) is 0 Å². The molecule has 156 valence electrons. The average molecular weight is 408 g/mol. The van der Waals surface area contributed by atoms with Crippen LogP contribution in [0.3, 0.4) is 0 Å². The molecule has 1 atom stereocenters. The number of alkyl halides is 3. The van der Waals surface area contributed by atoms with E-state index in [0.717, 1.165) is 30.0 Å². The van der Waals surface area contributed by atoms with Gasteiger partial charge >= 0.3 is 6.18 Å². The number of carbonyl (C=O) groups excluding carboxylic acids is 1. The molecule has 1 fully saturated rings. The molecule has 0 aromatic carbocycles. The van der Waals surface area contributed by atoms with Gasteiger partial charge in [0, 0.05) is 12.7 Å². The Bertz CT molecular complexity index is 869. The molecule has 29 heavy (non-hydrogen) atoms. The van der Waals surface area contributed by atoms with Crippen LogP contribution in [0.15, 0.2) is 30.6 Å². The van der Waals surface area contributed by atoms with Gasteiger partial charge in [-0.05, 0) is 61.9 Å². The van der Waals surface area contributed by atoms with Crippen LogP contribution in [0.5, 0.6) is 5.75 Å². The number of ether oxygens (including phenoxy) is 1. The monoisotopic (exact) mass is 408 g/mol. The van der Waals surface area contributed by atoms with Crippen molar-refractivity contribution >= 4 is 11.7 Å². The molecule has 0 bridgehead atoms. The number of pyridine rings is 2. The molecule has 0 aliphatic heterocycles. The van der Waals surface area contributed by atoms with Gasteiger partial charge < -0.3 is 15.4 Å². The van der Waals surface area contributed by atoms with Crippen molar-refractivity contribution in [3.63, 3.8) is 0 Å². The molecule has 1 aliphatic carbocycles. The van der Waals surface area contributed by atoms with Crippen molar-refractivity contribution in [1.82, 2.24) is 15.3 Å². The molecule has 1 unspecified atom stereocenters. The average Bonchev–Trinajstić information content (AvgIpc) is 3.49. The lowest BCUT2D eigenvalue weighted by Gasteiger charge is -2.16. The summed E-state index contributed by atoms with van der Waals surface area (Å²) < 4.78 is 41.6. The number of aryl methyl sites for hydroxylation is 1. The fraction of sp³-hybridized carbons (Fsp3) is 0.450. The first-order valence-corrected chi connectivity index (χ1v) is 9.38. The van der Waals surface area contributed by atoms with Crippen molar-refractivity contribution in [2.45, 2.75) is 38.9 Å². The van der Waals surface area contributed by atoms with Gasteiger partial charge in [-0.15, -0.1) is 0 Å². The highest BCUT2D eigenvalue weighted by Crippen LogP contribution is 2.29. The summed E-state index contributed by atoms with van der Waals surface area (Å²) in [5.74, 6) is 1.05. The molecule has 6 nitrogen and oxygen atoms in total. The van der Waals surface area contributed by atoms with Gasteiger partial charge in [-0.3, -0.25) is 4.79 Å². The van der Waals surface area contributed by atoms with Crippen LogP contribution < -0.4 is 15.4 Å². The van der Waals surface area contributed by atoms with E-state index in [1.807, 2.05) is 19.1 Å². The number of hydrogen-bond donors (Lipinski definition) is 2. The van der Waals surface area contributed by atoms with E-state index in [0.29, 0.717) is 5.56 Å². The van der Waals surface area contributed by atoms with Crippen molar-refractivity contribution in [2.24, 2.45) is 5.92 Å². The van der Waals surface area contributed by atoms with E-state index < -0.39 is 18.7 Å². The summed E-state index contributed by atoms with van der Waals surface area (Å²) >= 11 is 0. The van der Waals surface area contributed by atoms with E-state index in [-0.39, 0.29) is 17.5 Å². The van der Waals surface area contributed by atoms with Crippen LogP contribution in [0.1, 0.15) is 47.4 Å². The Hall–Kier alpha value is -2.84. The third-order valence-corrected chi connectivity index (χ3v) is 4.59. The van der Waals surface area contributed by atoms with Gasteiger partial charge in [0.15, 0.2) is 6.61 Å². The smallest absolute Gasteiger partial charge is 0.422 e. The quantitative estimate of drug-likeness (QED) is 0.690. The van der Waals surface area contributed by atoms with Gasteiger partial charge in [-0.2, -0.15) is 13.2 Å². The van der Waals surface area contributed by atoms with Crippen LogP contribution in [0.25, 0.3) is 0 Å². The highest BCUT2D eigenvalue weighted by atomic mass is 19.4. The summed E-state index contributed by atoms with van der Waals surface area (Å²) in [5.41, 5.74) is 1.39. The molecule has 3 rings (SSSR count). The van der Waals surface area contributed by atoms with Crippen LogP contribution in [0.2, 0.25) is 0 Å². The largest absolute Gasteiger partial charge is 0.482 e. The number of carbonyl (C=O) groups is 1. The predicted molar refractivity (Wildman–Crippen MR) is 102 cm³/mol. The number of nitrogens with zero attached hydrogens (tertiary/aromatic N) is 2. The molecule has 2 aromatic heterocycles. The van der Waals surface area contributed by atoms with Crippen molar-refractivity contribution in [3.05, 3.63) is 47.4 Å². The molecule has 2 heterocycles. The number of halogens is 3. The molecule has 0 radical (unpaired) electrons. The van der Waals surface area contributed by atoms with E-state index >= 15 is 0 Å². The number of anilines is 1. The summed E-state index contributed by atoms with van der Waals surface area (Å²) in [7, 11) is 0. The predicted octanol–water partition coefficient (Wildman–Crippen LogP) is 4.04. The summed E-state index contributed by atoms with van der Waals surface area (Å²) in [4.78, 5) is 20.7. The third kappa shape index (κ3) is 6.33. The first kappa shape index (κ1) is 20.9. The number of nitrogens with one attached hydrogen (secondary N) is 2. The van der Waals surface area contributed by atoms with Crippen molar-refractivity contribution < 1.29 is 22.7 Å². The van der Waals surface area contributed by atoms with E-state index in [4.69, 9.17) is 4.74 Å². The molecule has 2 N–H and O–H groups in total. The third-order valence-electron chi connectivity index (χ3n) is 4.59. The van der Waals surface area contributed by atoms with Crippen LogP contribution >= 0.6 is 0 Å². The molecule has 9 heteroatoms. The van der Waals surface area contributed by atoms with Crippen LogP contribution in [0, 0.1) is 12.8 Å². The minimum atomic E-state index is -4.44. The maximum atomic E-state index is 12.5. The van der Waals surface area contributed by atoms with Gasteiger partial charge in [-0.25, -0.2) is 9.97 Å². The summed E-state index contributed by atoms with van der Waals surface area (Å²) in [6.07, 6.45) is 0.863. The lowest BCUT2D eigenvalue weighted by atomic mass is 10.1. The van der Waals surface area contributed by atoms with Crippen molar-refractivity contribution in [2.75, 3.05) is 18.5 Å². The van der Waals surface area contributed by atoms with Gasteiger partial charge in [0.2, 0.25) is 0 Å². The maximum absolute atomic E-state index is 12.5. The molecule has 1 amide bonds. The molecule has 1 aliphatic rings. The standard InChI is InChI=1S/C20H23F3N4O2/c1-12-7-16(25-10-17(12)29-11-20(21,22)23)19(28)27-13(2)15-5-6-24-18(8-15)26-9-14-3-4-14/h5-8,10,13-14H,3-4,9,11H2,1-2H3,(H,24,26)(H,27,28). The van der Waals surface area contributed by atoms with Gasteiger partial charge in [0.1, 0.15) is 17.3 Å². The van der Waals surface area contributed by atoms with E-state index in [9.17, 15) is 18.0 Å². The number of amides is 1. The van der Waals surface area contributed by atoms with Gasteiger partial charge in [0.25, 0.3) is 5.91 Å². The Morgan fingerprint density at radius 2 is 2.07 bits per heavy atom. The minimum Gasteiger partial charge on any atom is -0.482 e. The van der Waals surface area contributed by atoms with Gasteiger partial charge in [0.05, 0.1) is 12.2 Å². The number of aromatic nitrogens is 2. The second-order valence-electron chi connectivity index (χ2n) is 7.23. The zero-order valence-electron chi connectivity index (χ0n) is 16.2. The SMILES string of the molecule is Cc1cc(C(=O)NC(C)c2ccnc(NCC3CC3)c2)ncc1OCC(F)(F)F. The lowest BCUT2D eigenvalue weighted by Crippen LogP contribution is -2.27. The van der Waals surface area contributed by atoms with Gasteiger partial charge in [-0.1, -0.05) is 0 Å². The first-order chi connectivity index (χ1) is 13.7. The Balaban J connectivity index is 1.60. The minimum absolute atomic E-state index is 0.00700. The normalized spacial score (nSPS) is 14.9. The zero-order valence-corrected chi connectivity index (χ0v) is 16.2. The van der Waals surface area contributed by atoms with Crippen molar-refractivity contribution in [3.8, 4) is 5.75 Å². The van der Waals surface area contributed by atoms with E-state index in [2.05, 4.69) is 20.6 Å².